The molecule has 1 atom stereocenters. The standard InChI is InChI=1S/C14H18N4O3S/c15-9-11-1-2-14-12(7-11)8-13(10-16-14)17-22(19,20)18-3-5-21-6-4-18/h1-2,7,13,16-17H,3-6,8,10H2. The van der Waals surface area contributed by atoms with Gasteiger partial charge in [0.05, 0.1) is 24.8 Å². The summed E-state index contributed by atoms with van der Waals surface area (Å²) in [6.07, 6.45) is 0.571. The van der Waals surface area contributed by atoms with Crippen molar-refractivity contribution in [3.8, 4) is 6.07 Å². The zero-order valence-electron chi connectivity index (χ0n) is 12.1. The van der Waals surface area contributed by atoms with Gasteiger partial charge in [-0.3, -0.25) is 0 Å². The van der Waals surface area contributed by atoms with Crippen LogP contribution in [0, 0.1) is 11.3 Å². The van der Waals surface area contributed by atoms with Crippen LogP contribution in [0.1, 0.15) is 11.1 Å². The second-order valence-electron chi connectivity index (χ2n) is 5.40. The first kappa shape index (κ1) is 15.2. The number of nitrogens with one attached hydrogen (secondary N) is 2. The number of anilines is 1. The van der Waals surface area contributed by atoms with Crippen molar-refractivity contribution in [2.24, 2.45) is 0 Å². The number of ether oxygens (including phenoxy) is 1. The van der Waals surface area contributed by atoms with Crippen LogP contribution in [-0.4, -0.2) is 51.6 Å². The first-order chi connectivity index (χ1) is 10.6. The fraction of sp³-hybridized carbons (Fsp3) is 0.500. The molecule has 1 unspecified atom stereocenters. The first-order valence-electron chi connectivity index (χ1n) is 7.20. The first-order valence-corrected chi connectivity index (χ1v) is 8.64. The van der Waals surface area contributed by atoms with E-state index in [1.54, 1.807) is 12.1 Å². The van der Waals surface area contributed by atoms with E-state index in [2.05, 4.69) is 16.1 Å². The van der Waals surface area contributed by atoms with Crippen molar-refractivity contribution >= 4 is 15.9 Å². The third-order valence-electron chi connectivity index (χ3n) is 3.87. The molecule has 0 radical (unpaired) electrons. The Balaban J connectivity index is 1.70. The lowest BCUT2D eigenvalue weighted by Gasteiger charge is -2.31. The molecular weight excluding hydrogens is 304 g/mol. The van der Waals surface area contributed by atoms with Crippen LogP contribution in [0.5, 0.6) is 0 Å². The van der Waals surface area contributed by atoms with E-state index in [-0.39, 0.29) is 6.04 Å². The molecule has 0 amide bonds. The molecule has 1 aromatic carbocycles. The number of nitrogens with zero attached hydrogens (tertiary/aromatic N) is 2. The number of hydrogen-bond acceptors (Lipinski definition) is 5. The SMILES string of the molecule is N#Cc1ccc2c(c1)CC(NS(=O)(=O)N1CCOCC1)CN2. The van der Waals surface area contributed by atoms with Crippen LogP contribution >= 0.6 is 0 Å². The molecule has 0 aromatic heterocycles. The molecule has 2 aliphatic heterocycles. The van der Waals surface area contributed by atoms with Crippen LogP contribution in [0.2, 0.25) is 0 Å². The van der Waals surface area contributed by atoms with E-state index in [9.17, 15) is 8.42 Å². The second-order valence-corrected chi connectivity index (χ2v) is 7.10. The number of rotatable bonds is 3. The quantitative estimate of drug-likeness (QED) is 0.821. The van der Waals surface area contributed by atoms with Crippen molar-refractivity contribution in [1.29, 1.82) is 5.26 Å². The van der Waals surface area contributed by atoms with Crippen LogP contribution in [0.25, 0.3) is 0 Å². The Labute approximate surface area is 130 Å². The van der Waals surface area contributed by atoms with Gasteiger partial charge in [-0.1, -0.05) is 0 Å². The molecule has 8 heteroatoms. The minimum atomic E-state index is -3.50. The summed E-state index contributed by atoms with van der Waals surface area (Å²) in [5, 5.41) is 12.2. The molecular formula is C14H18N4O3S. The Hall–Kier alpha value is -1.66. The maximum Gasteiger partial charge on any atom is 0.279 e. The van der Waals surface area contributed by atoms with Crippen LogP contribution in [0.4, 0.5) is 5.69 Å². The molecule has 22 heavy (non-hydrogen) atoms. The predicted octanol–water partition coefficient (Wildman–Crippen LogP) is 0.0615. The fourth-order valence-corrected chi connectivity index (χ4v) is 4.10. The normalized spacial score (nSPS) is 22.4. The van der Waals surface area contributed by atoms with Crippen molar-refractivity contribution in [2.45, 2.75) is 12.5 Å². The summed E-state index contributed by atoms with van der Waals surface area (Å²) in [4.78, 5) is 0. The smallest absolute Gasteiger partial charge is 0.279 e. The van der Waals surface area contributed by atoms with Gasteiger partial charge in [0.25, 0.3) is 10.2 Å². The van der Waals surface area contributed by atoms with E-state index < -0.39 is 10.2 Å². The molecule has 0 spiro atoms. The Morgan fingerprint density at radius 1 is 1.36 bits per heavy atom. The third kappa shape index (κ3) is 3.23. The van der Waals surface area contributed by atoms with Gasteiger partial charge in [-0.05, 0) is 30.2 Å². The number of benzene rings is 1. The van der Waals surface area contributed by atoms with Gasteiger partial charge in [0.15, 0.2) is 0 Å². The van der Waals surface area contributed by atoms with Gasteiger partial charge in [-0.2, -0.15) is 22.7 Å². The molecule has 0 bridgehead atoms. The Bertz CT molecular complexity index is 693. The molecule has 2 aliphatic rings. The zero-order valence-corrected chi connectivity index (χ0v) is 12.9. The minimum Gasteiger partial charge on any atom is -0.383 e. The summed E-state index contributed by atoms with van der Waals surface area (Å²) in [5.41, 5.74) is 2.50. The zero-order chi connectivity index (χ0) is 15.6. The average Bonchev–Trinajstić information content (AvgIpc) is 2.54. The van der Waals surface area contributed by atoms with Crippen LogP contribution in [0.3, 0.4) is 0 Å². The highest BCUT2D eigenvalue weighted by Crippen LogP contribution is 2.23. The summed E-state index contributed by atoms with van der Waals surface area (Å²) in [6, 6.07) is 7.29. The third-order valence-corrected chi connectivity index (χ3v) is 5.54. The Morgan fingerprint density at radius 2 is 2.14 bits per heavy atom. The van der Waals surface area contributed by atoms with Crippen molar-refractivity contribution in [2.75, 3.05) is 38.2 Å². The van der Waals surface area contributed by atoms with Gasteiger partial charge in [0.1, 0.15) is 0 Å². The predicted molar refractivity (Wildman–Crippen MR) is 81.6 cm³/mol. The van der Waals surface area contributed by atoms with Gasteiger partial charge in [0, 0.05) is 31.4 Å². The molecule has 1 saturated heterocycles. The van der Waals surface area contributed by atoms with E-state index >= 15 is 0 Å². The lowest BCUT2D eigenvalue weighted by Crippen LogP contribution is -2.52. The van der Waals surface area contributed by atoms with Crippen molar-refractivity contribution in [3.05, 3.63) is 29.3 Å². The summed E-state index contributed by atoms with van der Waals surface area (Å²) in [6.45, 7) is 2.15. The Morgan fingerprint density at radius 3 is 2.86 bits per heavy atom. The van der Waals surface area contributed by atoms with Crippen molar-refractivity contribution in [3.63, 3.8) is 0 Å². The lowest BCUT2D eigenvalue weighted by atomic mass is 9.98. The molecule has 1 fully saturated rings. The summed E-state index contributed by atoms with van der Waals surface area (Å²) < 4.78 is 34.1. The molecule has 7 nitrogen and oxygen atoms in total. The van der Waals surface area contributed by atoms with Crippen molar-refractivity contribution in [1.82, 2.24) is 9.03 Å². The highest BCUT2D eigenvalue weighted by molar-refractivity contribution is 7.87. The fourth-order valence-electron chi connectivity index (χ4n) is 2.73. The molecule has 2 heterocycles. The highest BCUT2D eigenvalue weighted by Gasteiger charge is 2.28. The lowest BCUT2D eigenvalue weighted by molar-refractivity contribution is 0.0723. The number of hydrogen-bond donors (Lipinski definition) is 2. The van der Waals surface area contributed by atoms with Crippen molar-refractivity contribution < 1.29 is 13.2 Å². The van der Waals surface area contributed by atoms with Gasteiger partial charge >= 0.3 is 0 Å². The maximum absolute atomic E-state index is 12.4. The summed E-state index contributed by atoms with van der Waals surface area (Å²) in [5.74, 6) is 0. The summed E-state index contributed by atoms with van der Waals surface area (Å²) >= 11 is 0. The molecule has 0 aliphatic carbocycles. The molecule has 1 aromatic rings. The van der Waals surface area contributed by atoms with Crippen LogP contribution in [-0.2, 0) is 21.4 Å². The van der Waals surface area contributed by atoms with Gasteiger partial charge in [-0.15, -0.1) is 0 Å². The maximum atomic E-state index is 12.4. The number of nitriles is 1. The molecule has 0 saturated carbocycles. The van der Waals surface area contributed by atoms with Gasteiger partial charge in [0.2, 0.25) is 0 Å². The van der Waals surface area contributed by atoms with E-state index in [0.29, 0.717) is 44.8 Å². The van der Waals surface area contributed by atoms with Gasteiger partial charge < -0.3 is 10.1 Å². The van der Waals surface area contributed by atoms with Crippen LogP contribution in [0.15, 0.2) is 18.2 Å². The largest absolute Gasteiger partial charge is 0.383 e. The summed E-state index contributed by atoms with van der Waals surface area (Å²) in [7, 11) is -3.50. The number of morpholine rings is 1. The molecule has 2 N–H and O–H groups in total. The average molecular weight is 322 g/mol. The molecule has 3 rings (SSSR count). The topological polar surface area (TPSA) is 94.5 Å². The van der Waals surface area contributed by atoms with Crippen LogP contribution < -0.4 is 10.0 Å². The van der Waals surface area contributed by atoms with Gasteiger partial charge in [-0.25, -0.2) is 0 Å². The second kappa shape index (κ2) is 6.22. The van der Waals surface area contributed by atoms with E-state index in [1.807, 2.05) is 6.07 Å². The molecule has 118 valence electrons. The monoisotopic (exact) mass is 322 g/mol. The highest BCUT2D eigenvalue weighted by atomic mass is 32.2. The van der Waals surface area contributed by atoms with E-state index in [0.717, 1.165) is 11.3 Å². The number of fused-ring (bicyclic) bond motifs is 1. The minimum absolute atomic E-state index is 0.228. The van der Waals surface area contributed by atoms with E-state index in [1.165, 1.54) is 4.31 Å². The Kier molecular flexibility index (Phi) is 4.31. The van der Waals surface area contributed by atoms with E-state index in [4.69, 9.17) is 10.00 Å².